The highest BCUT2D eigenvalue weighted by Crippen LogP contribution is 2.25. The van der Waals surface area contributed by atoms with E-state index in [1.54, 1.807) is 0 Å². The number of likely N-dealkylation sites (tertiary alicyclic amines) is 1. The first-order chi connectivity index (χ1) is 9.08. The molecule has 5 heteroatoms. The normalized spacial score (nSPS) is 31.8. The predicted molar refractivity (Wildman–Crippen MR) is 71.9 cm³/mol. The third-order valence-electron chi connectivity index (χ3n) is 4.32. The topological polar surface area (TPSA) is 69.6 Å². The van der Waals surface area contributed by atoms with Crippen molar-refractivity contribution < 1.29 is 14.7 Å². The minimum atomic E-state index is -0.878. The van der Waals surface area contributed by atoms with Crippen LogP contribution in [-0.4, -0.2) is 40.6 Å². The van der Waals surface area contributed by atoms with E-state index in [9.17, 15) is 14.7 Å². The molecule has 108 valence electrons. The van der Waals surface area contributed by atoms with Crippen LogP contribution >= 0.6 is 0 Å². The van der Waals surface area contributed by atoms with Crippen molar-refractivity contribution in [1.82, 2.24) is 10.2 Å². The Hall–Kier alpha value is -1.26. The van der Waals surface area contributed by atoms with Gasteiger partial charge in [0.05, 0.1) is 0 Å². The first kappa shape index (κ1) is 14.2. The van der Waals surface area contributed by atoms with Crippen LogP contribution < -0.4 is 5.32 Å². The molecular weight excluding hydrogens is 244 g/mol. The largest absolute Gasteiger partial charge is 0.480 e. The summed E-state index contributed by atoms with van der Waals surface area (Å²) < 4.78 is 0. The highest BCUT2D eigenvalue weighted by molar-refractivity contribution is 5.82. The molecule has 2 amide bonds. The SMILES string of the molecule is CC1CCC(NC(=O)N2CCCCCC2C(=O)O)C1. The molecule has 2 aliphatic rings. The van der Waals surface area contributed by atoms with Gasteiger partial charge >= 0.3 is 12.0 Å². The van der Waals surface area contributed by atoms with E-state index in [-0.39, 0.29) is 12.1 Å². The summed E-state index contributed by atoms with van der Waals surface area (Å²) in [5.41, 5.74) is 0. The summed E-state index contributed by atoms with van der Waals surface area (Å²) in [5.74, 6) is -0.221. The van der Waals surface area contributed by atoms with E-state index in [1.807, 2.05) is 0 Å². The van der Waals surface area contributed by atoms with Crippen molar-refractivity contribution in [1.29, 1.82) is 0 Å². The van der Waals surface area contributed by atoms with E-state index in [0.29, 0.717) is 18.9 Å². The van der Waals surface area contributed by atoms with E-state index in [0.717, 1.165) is 38.5 Å². The van der Waals surface area contributed by atoms with E-state index >= 15 is 0 Å². The van der Waals surface area contributed by atoms with Crippen LogP contribution in [0.5, 0.6) is 0 Å². The van der Waals surface area contributed by atoms with Crippen LogP contribution in [0.4, 0.5) is 4.79 Å². The van der Waals surface area contributed by atoms with Gasteiger partial charge in [0.1, 0.15) is 6.04 Å². The maximum absolute atomic E-state index is 12.3. The molecule has 5 nitrogen and oxygen atoms in total. The zero-order chi connectivity index (χ0) is 13.8. The lowest BCUT2D eigenvalue weighted by Crippen LogP contribution is -2.51. The van der Waals surface area contributed by atoms with Gasteiger partial charge in [0.2, 0.25) is 0 Å². The van der Waals surface area contributed by atoms with E-state index < -0.39 is 12.0 Å². The second kappa shape index (κ2) is 6.26. The lowest BCUT2D eigenvalue weighted by atomic mass is 10.1. The Balaban J connectivity index is 1.96. The predicted octanol–water partition coefficient (Wildman–Crippen LogP) is 2.21. The number of carboxylic acid groups (broad SMARTS) is 1. The molecule has 1 aliphatic carbocycles. The molecule has 1 aliphatic heterocycles. The second-order valence-electron chi connectivity index (χ2n) is 5.96. The Morgan fingerprint density at radius 3 is 2.58 bits per heavy atom. The maximum atomic E-state index is 12.3. The van der Waals surface area contributed by atoms with Crippen LogP contribution in [0.25, 0.3) is 0 Å². The molecule has 2 rings (SSSR count). The average Bonchev–Trinajstić information content (AvgIpc) is 2.65. The zero-order valence-electron chi connectivity index (χ0n) is 11.6. The molecule has 2 N–H and O–H groups in total. The molecule has 2 fully saturated rings. The van der Waals surface area contributed by atoms with Crippen LogP contribution in [0.1, 0.15) is 51.9 Å². The fourth-order valence-electron chi connectivity index (χ4n) is 3.20. The number of hydrogen-bond acceptors (Lipinski definition) is 2. The molecule has 3 unspecified atom stereocenters. The van der Waals surface area contributed by atoms with Gasteiger partial charge in [0.25, 0.3) is 0 Å². The van der Waals surface area contributed by atoms with Gasteiger partial charge in [0, 0.05) is 12.6 Å². The van der Waals surface area contributed by atoms with Crippen molar-refractivity contribution in [3.05, 3.63) is 0 Å². The summed E-state index contributed by atoms with van der Waals surface area (Å²) in [7, 11) is 0. The minimum absolute atomic E-state index is 0.187. The fourth-order valence-corrected chi connectivity index (χ4v) is 3.20. The van der Waals surface area contributed by atoms with Crippen LogP contribution in [0, 0.1) is 5.92 Å². The van der Waals surface area contributed by atoms with E-state index in [2.05, 4.69) is 12.2 Å². The molecule has 0 aromatic rings. The van der Waals surface area contributed by atoms with Gasteiger partial charge in [-0.25, -0.2) is 9.59 Å². The Morgan fingerprint density at radius 2 is 1.95 bits per heavy atom. The standard InChI is InChI=1S/C14H24N2O3/c1-10-6-7-11(9-10)15-14(19)16-8-4-2-3-5-12(16)13(17)18/h10-12H,2-9H2,1H3,(H,15,19)(H,17,18). The number of urea groups is 1. The van der Waals surface area contributed by atoms with Crippen molar-refractivity contribution in [2.45, 2.75) is 64.0 Å². The summed E-state index contributed by atoms with van der Waals surface area (Å²) in [5, 5.41) is 12.3. The van der Waals surface area contributed by atoms with Crippen LogP contribution in [0.3, 0.4) is 0 Å². The van der Waals surface area contributed by atoms with Crippen molar-refractivity contribution >= 4 is 12.0 Å². The summed E-state index contributed by atoms with van der Waals surface area (Å²) in [6.45, 7) is 2.75. The smallest absolute Gasteiger partial charge is 0.326 e. The Bertz CT molecular complexity index is 346. The second-order valence-corrected chi connectivity index (χ2v) is 5.96. The first-order valence-corrected chi connectivity index (χ1v) is 7.38. The van der Waals surface area contributed by atoms with Gasteiger partial charge in [-0.05, 0) is 38.0 Å². The van der Waals surface area contributed by atoms with Crippen LogP contribution in [-0.2, 0) is 4.79 Å². The molecule has 0 bridgehead atoms. The monoisotopic (exact) mass is 268 g/mol. The molecule has 1 heterocycles. The van der Waals surface area contributed by atoms with Gasteiger partial charge < -0.3 is 15.3 Å². The first-order valence-electron chi connectivity index (χ1n) is 7.38. The van der Waals surface area contributed by atoms with E-state index in [4.69, 9.17) is 0 Å². The van der Waals surface area contributed by atoms with Gasteiger partial charge in [-0.2, -0.15) is 0 Å². The molecular formula is C14H24N2O3. The molecule has 19 heavy (non-hydrogen) atoms. The molecule has 1 saturated heterocycles. The summed E-state index contributed by atoms with van der Waals surface area (Å²) in [6.07, 6.45) is 6.54. The number of rotatable bonds is 2. The number of amides is 2. The van der Waals surface area contributed by atoms with Gasteiger partial charge in [-0.1, -0.05) is 19.8 Å². The lowest BCUT2D eigenvalue weighted by molar-refractivity contribution is -0.142. The number of nitrogens with zero attached hydrogens (tertiary/aromatic N) is 1. The summed E-state index contributed by atoms with van der Waals surface area (Å²) >= 11 is 0. The molecule has 0 radical (unpaired) electrons. The third kappa shape index (κ3) is 3.61. The number of aliphatic carboxylic acids is 1. The molecule has 0 aromatic heterocycles. The fraction of sp³-hybridized carbons (Fsp3) is 0.857. The van der Waals surface area contributed by atoms with Gasteiger partial charge in [-0.3, -0.25) is 0 Å². The number of carbonyl (C=O) groups excluding carboxylic acids is 1. The highest BCUT2D eigenvalue weighted by Gasteiger charge is 2.32. The number of carbonyl (C=O) groups is 2. The molecule has 0 aromatic carbocycles. The summed E-state index contributed by atoms with van der Waals surface area (Å²) in [6, 6.07) is -0.616. The maximum Gasteiger partial charge on any atom is 0.326 e. The number of hydrogen-bond donors (Lipinski definition) is 2. The van der Waals surface area contributed by atoms with Gasteiger partial charge in [0.15, 0.2) is 0 Å². The molecule has 3 atom stereocenters. The average molecular weight is 268 g/mol. The number of carboxylic acids is 1. The third-order valence-corrected chi connectivity index (χ3v) is 4.32. The lowest BCUT2D eigenvalue weighted by Gasteiger charge is -2.28. The Kier molecular flexibility index (Phi) is 4.66. The van der Waals surface area contributed by atoms with Crippen molar-refractivity contribution in [3.8, 4) is 0 Å². The van der Waals surface area contributed by atoms with Gasteiger partial charge in [-0.15, -0.1) is 0 Å². The Labute approximate surface area is 114 Å². The van der Waals surface area contributed by atoms with Crippen LogP contribution in [0.15, 0.2) is 0 Å². The van der Waals surface area contributed by atoms with Crippen molar-refractivity contribution in [2.75, 3.05) is 6.54 Å². The summed E-state index contributed by atoms with van der Waals surface area (Å²) in [4.78, 5) is 25.1. The van der Waals surface area contributed by atoms with E-state index in [1.165, 1.54) is 4.90 Å². The highest BCUT2D eigenvalue weighted by atomic mass is 16.4. The number of nitrogens with one attached hydrogen (secondary N) is 1. The Morgan fingerprint density at radius 1 is 1.16 bits per heavy atom. The zero-order valence-corrected chi connectivity index (χ0v) is 11.6. The van der Waals surface area contributed by atoms with Crippen molar-refractivity contribution in [2.24, 2.45) is 5.92 Å². The quantitative estimate of drug-likeness (QED) is 0.806. The molecule has 1 saturated carbocycles. The van der Waals surface area contributed by atoms with Crippen molar-refractivity contribution in [3.63, 3.8) is 0 Å². The minimum Gasteiger partial charge on any atom is -0.480 e. The molecule has 0 spiro atoms. The van der Waals surface area contributed by atoms with Crippen LogP contribution in [0.2, 0.25) is 0 Å².